The maximum Gasteiger partial charge on any atom is 0.331 e. The Morgan fingerprint density at radius 1 is 1.39 bits per heavy atom. The zero-order chi connectivity index (χ0) is 16.8. The molecule has 1 aromatic carbocycles. The van der Waals surface area contributed by atoms with E-state index in [1.807, 2.05) is 0 Å². The molecule has 1 aromatic heterocycles. The molecule has 2 aromatic rings. The van der Waals surface area contributed by atoms with Gasteiger partial charge in [-0.25, -0.2) is 4.79 Å². The minimum atomic E-state index is -0.505. The summed E-state index contributed by atoms with van der Waals surface area (Å²) >= 11 is 0. The van der Waals surface area contributed by atoms with E-state index >= 15 is 0 Å². The average Bonchev–Trinajstić information content (AvgIpc) is 2.99. The second-order valence-corrected chi connectivity index (χ2v) is 4.66. The number of carbonyl (C=O) groups excluding carboxylic acids is 1. The molecule has 0 aliphatic carbocycles. The van der Waals surface area contributed by atoms with Crippen molar-refractivity contribution in [1.29, 1.82) is 0 Å². The first-order chi connectivity index (χ1) is 11.0. The fraction of sp³-hybridized carbons (Fsp3) is 0.118. The van der Waals surface area contributed by atoms with Gasteiger partial charge in [-0.15, -0.1) is 0 Å². The van der Waals surface area contributed by atoms with E-state index in [2.05, 4.69) is 6.58 Å². The highest BCUT2D eigenvalue weighted by molar-refractivity contribution is 5.86. The molecule has 0 saturated carbocycles. The van der Waals surface area contributed by atoms with Crippen molar-refractivity contribution in [3.05, 3.63) is 70.5 Å². The molecule has 23 heavy (non-hydrogen) atoms. The van der Waals surface area contributed by atoms with Crippen molar-refractivity contribution in [2.24, 2.45) is 0 Å². The number of rotatable bonds is 6. The van der Waals surface area contributed by atoms with Gasteiger partial charge >= 0.3 is 5.97 Å². The Morgan fingerprint density at radius 3 is 2.87 bits per heavy atom. The molecule has 0 saturated heterocycles. The van der Waals surface area contributed by atoms with E-state index < -0.39 is 10.9 Å². The Morgan fingerprint density at radius 2 is 2.17 bits per heavy atom. The number of hydrogen-bond donors (Lipinski definition) is 0. The third-order valence-electron chi connectivity index (χ3n) is 3.12. The van der Waals surface area contributed by atoms with Crippen molar-refractivity contribution >= 4 is 17.7 Å². The lowest BCUT2D eigenvalue weighted by atomic mass is 10.1. The van der Waals surface area contributed by atoms with Crippen molar-refractivity contribution in [3.63, 3.8) is 0 Å². The molecule has 0 bridgehead atoms. The zero-order valence-electron chi connectivity index (χ0n) is 12.5. The van der Waals surface area contributed by atoms with Crippen molar-refractivity contribution < 1.29 is 18.9 Å². The standard InChI is InChI=1S/C17H15NO5/c1-3-11-22-17(19)10-8-13-7-9-16(23-13)14-5-4-6-15(12(14)2)18(20)21/h3-10H,1,11H2,2H3/b10-8+. The fourth-order valence-corrected chi connectivity index (χ4v) is 2.01. The van der Waals surface area contributed by atoms with Crippen LogP contribution in [0.3, 0.4) is 0 Å². The third kappa shape index (κ3) is 3.94. The van der Waals surface area contributed by atoms with Crippen LogP contribution in [-0.4, -0.2) is 17.5 Å². The number of nitro groups is 1. The summed E-state index contributed by atoms with van der Waals surface area (Å²) in [6, 6.07) is 8.15. The van der Waals surface area contributed by atoms with Crippen LogP contribution in [0.15, 0.2) is 53.5 Å². The van der Waals surface area contributed by atoms with Crippen LogP contribution in [0.1, 0.15) is 11.3 Å². The molecule has 0 spiro atoms. The topological polar surface area (TPSA) is 82.6 Å². The molecule has 0 radical (unpaired) electrons. The van der Waals surface area contributed by atoms with Gasteiger partial charge in [-0.1, -0.05) is 24.8 Å². The molecule has 1 heterocycles. The number of nitrogens with zero attached hydrogens (tertiary/aromatic N) is 1. The summed E-state index contributed by atoms with van der Waals surface area (Å²) in [4.78, 5) is 21.9. The average molecular weight is 313 g/mol. The number of esters is 1. The summed E-state index contributed by atoms with van der Waals surface area (Å²) in [5, 5.41) is 11.0. The van der Waals surface area contributed by atoms with Gasteiger partial charge in [-0.3, -0.25) is 10.1 Å². The smallest absolute Gasteiger partial charge is 0.331 e. The van der Waals surface area contributed by atoms with E-state index in [-0.39, 0.29) is 12.3 Å². The van der Waals surface area contributed by atoms with Gasteiger partial charge in [0, 0.05) is 23.3 Å². The van der Waals surface area contributed by atoms with E-state index in [1.165, 1.54) is 24.3 Å². The summed E-state index contributed by atoms with van der Waals surface area (Å²) in [6.07, 6.45) is 4.19. The largest absolute Gasteiger partial charge is 0.458 e. The summed E-state index contributed by atoms with van der Waals surface area (Å²) in [5.41, 5.74) is 1.19. The van der Waals surface area contributed by atoms with Gasteiger partial charge in [0.05, 0.1) is 4.92 Å². The summed E-state index contributed by atoms with van der Waals surface area (Å²) in [5.74, 6) is 0.432. The molecule has 0 unspecified atom stereocenters. The van der Waals surface area contributed by atoms with Gasteiger partial charge in [0.1, 0.15) is 18.1 Å². The Kier molecular flexibility index (Phi) is 5.09. The molecule has 0 atom stereocenters. The summed E-state index contributed by atoms with van der Waals surface area (Å²) in [6.45, 7) is 5.25. The van der Waals surface area contributed by atoms with Crippen LogP contribution in [0.4, 0.5) is 5.69 Å². The van der Waals surface area contributed by atoms with E-state index in [0.717, 1.165) is 0 Å². The van der Waals surface area contributed by atoms with Crippen molar-refractivity contribution in [2.75, 3.05) is 6.61 Å². The highest BCUT2D eigenvalue weighted by Gasteiger charge is 2.16. The molecule has 0 aliphatic rings. The Balaban J connectivity index is 2.21. The second-order valence-electron chi connectivity index (χ2n) is 4.66. The molecule has 6 heteroatoms. The van der Waals surface area contributed by atoms with Gasteiger partial charge in [0.2, 0.25) is 0 Å². The van der Waals surface area contributed by atoms with E-state index in [0.29, 0.717) is 22.6 Å². The molecule has 0 N–H and O–H groups in total. The lowest BCUT2D eigenvalue weighted by Gasteiger charge is -2.03. The first-order valence-electron chi connectivity index (χ1n) is 6.83. The number of nitro benzene ring substituents is 1. The van der Waals surface area contributed by atoms with Gasteiger partial charge in [-0.2, -0.15) is 0 Å². The van der Waals surface area contributed by atoms with Gasteiger partial charge in [-0.05, 0) is 25.1 Å². The van der Waals surface area contributed by atoms with Crippen LogP contribution in [0.5, 0.6) is 0 Å². The third-order valence-corrected chi connectivity index (χ3v) is 3.12. The molecule has 0 amide bonds. The highest BCUT2D eigenvalue weighted by atomic mass is 16.6. The predicted molar refractivity (Wildman–Crippen MR) is 85.7 cm³/mol. The Hall–Kier alpha value is -3.15. The minimum Gasteiger partial charge on any atom is -0.458 e. The van der Waals surface area contributed by atoms with E-state index in [4.69, 9.17) is 9.15 Å². The van der Waals surface area contributed by atoms with E-state index in [1.54, 1.807) is 31.2 Å². The Labute approximate surface area is 132 Å². The van der Waals surface area contributed by atoms with Crippen LogP contribution in [0.2, 0.25) is 0 Å². The molecule has 2 rings (SSSR count). The van der Waals surface area contributed by atoms with Gasteiger partial charge in [0.25, 0.3) is 5.69 Å². The van der Waals surface area contributed by atoms with Gasteiger partial charge in [0.15, 0.2) is 0 Å². The quantitative estimate of drug-likeness (QED) is 0.265. The Bertz CT molecular complexity index is 773. The highest BCUT2D eigenvalue weighted by Crippen LogP contribution is 2.31. The van der Waals surface area contributed by atoms with Crippen LogP contribution < -0.4 is 0 Å². The zero-order valence-corrected chi connectivity index (χ0v) is 12.5. The maximum absolute atomic E-state index is 11.4. The first kappa shape index (κ1) is 16.2. The van der Waals surface area contributed by atoms with Crippen molar-refractivity contribution in [1.82, 2.24) is 0 Å². The minimum absolute atomic E-state index is 0.0315. The number of carbonyl (C=O) groups is 1. The number of furan rings is 1. The van der Waals surface area contributed by atoms with Crippen LogP contribution in [0.25, 0.3) is 17.4 Å². The predicted octanol–water partition coefficient (Wildman–Crippen LogP) is 3.91. The molecular weight excluding hydrogens is 298 g/mol. The summed E-state index contributed by atoms with van der Waals surface area (Å²) in [7, 11) is 0. The maximum atomic E-state index is 11.4. The van der Waals surface area contributed by atoms with Crippen molar-refractivity contribution in [3.8, 4) is 11.3 Å². The summed E-state index contributed by atoms with van der Waals surface area (Å²) < 4.78 is 10.4. The first-order valence-corrected chi connectivity index (χ1v) is 6.83. The molecule has 0 aliphatic heterocycles. The lowest BCUT2D eigenvalue weighted by molar-refractivity contribution is -0.385. The second kappa shape index (κ2) is 7.22. The van der Waals surface area contributed by atoms with Gasteiger partial charge < -0.3 is 9.15 Å². The number of hydrogen-bond acceptors (Lipinski definition) is 5. The van der Waals surface area contributed by atoms with Crippen LogP contribution in [0, 0.1) is 17.0 Å². The lowest BCUT2D eigenvalue weighted by Crippen LogP contribution is -1.99. The number of benzene rings is 1. The molecular formula is C17H15NO5. The van der Waals surface area contributed by atoms with Crippen LogP contribution in [-0.2, 0) is 9.53 Å². The monoisotopic (exact) mass is 313 g/mol. The molecule has 0 fully saturated rings. The van der Waals surface area contributed by atoms with E-state index in [9.17, 15) is 14.9 Å². The van der Waals surface area contributed by atoms with Crippen molar-refractivity contribution in [2.45, 2.75) is 6.92 Å². The van der Waals surface area contributed by atoms with Crippen LogP contribution >= 0.6 is 0 Å². The molecule has 6 nitrogen and oxygen atoms in total. The SMILES string of the molecule is C=CCOC(=O)/C=C/c1ccc(-c2cccc([N+](=O)[O-])c2C)o1. The molecule has 118 valence electrons. The normalized spacial score (nSPS) is 10.7. The number of ether oxygens (including phenoxy) is 1. The fourth-order valence-electron chi connectivity index (χ4n) is 2.01.